The first-order valence-corrected chi connectivity index (χ1v) is 11.2. The molecule has 0 aliphatic rings. The Labute approximate surface area is 172 Å². The molecule has 0 radical (unpaired) electrons. The molecule has 0 N–H and O–H groups in total. The van der Waals surface area contributed by atoms with Crippen LogP contribution in [0, 0.1) is 0 Å². The average molecular weight is 399 g/mol. The molecule has 0 aliphatic heterocycles. The molecule has 0 saturated carbocycles. The first-order chi connectivity index (χ1) is 13.6. The van der Waals surface area contributed by atoms with Crippen LogP contribution >= 0.6 is 11.8 Å². The molecular formula is C22H30N4OS. The number of rotatable bonds is 10. The van der Waals surface area contributed by atoms with Gasteiger partial charge in [-0.3, -0.25) is 0 Å². The fraction of sp³-hybridized carbons (Fsp3) is 0.455. The van der Waals surface area contributed by atoms with Crippen molar-refractivity contribution in [2.45, 2.75) is 44.6 Å². The SMILES string of the molecule is CCN(CC)CCCC(C)Oc1ccc2ncc(-c3ccc(SC)cc3)n2n1. The van der Waals surface area contributed by atoms with E-state index in [1.165, 1.54) is 4.90 Å². The van der Waals surface area contributed by atoms with Crippen LogP contribution in [0.15, 0.2) is 47.5 Å². The van der Waals surface area contributed by atoms with Crippen molar-refractivity contribution in [3.63, 3.8) is 0 Å². The topological polar surface area (TPSA) is 42.7 Å². The van der Waals surface area contributed by atoms with Gasteiger partial charge in [0.15, 0.2) is 5.65 Å². The first kappa shape index (κ1) is 20.7. The Morgan fingerprint density at radius 3 is 2.54 bits per heavy atom. The maximum Gasteiger partial charge on any atom is 0.232 e. The lowest BCUT2D eigenvalue weighted by Crippen LogP contribution is -2.25. The minimum atomic E-state index is 0.133. The van der Waals surface area contributed by atoms with Crippen LogP contribution < -0.4 is 4.74 Å². The largest absolute Gasteiger partial charge is 0.474 e. The Bertz CT molecular complexity index is 874. The van der Waals surface area contributed by atoms with Crippen LogP contribution in [0.5, 0.6) is 5.88 Å². The number of ether oxygens (including phenoxy) is 1. The van der Waals surface area contributed by atoms with E-state index in [4.69, 9.17) is 4.74 Å². The zero-order chi connectivity index (χ0) is 19.9. The standard InChI is InChI=1S/C22H30N4OS/c1-5-25(6-2)15-7-8-17(3)27-22-14-13-21-23-16-20(26(21)24-22)18-9-11-19(28-4)12-10-18/h9-14,16-17H,5-8,15H2,1-4H3. The van der Waals surface area contributed by atoms with Gasteiger partial charge in [-0.2, -0.15) is 0 Å². The van der Waals surface area contributed by atoms with E-state index >= 15 is 0 Å². The molecule has 2 aromatic heterocycles. The molecule has 0 saturated heterocycles. The van der Waals surface area contributed by atoms with Gasteiger partial charge in [-0.05, 0) is 63.9 Å². The van der Waals surface area contributed by atoms with Gasteiger partial charge in [0.2, 0.25) is 5.88 Å². The van der Waals surface area contributed by atoms with Crippen molar-refractivity contribution in [2.75, 3.05) is 25.9 Å². The summed E-state index contributed by atoms with van der Waals surface area (Å²) in [5.74, 6) is 0.642. The maximum atomic E-state index is 6.09. The van der Waals surface area contributed by atoms with Gasteiger partial charge in [0, 0.05) is 16.5 Å². The predicted molar refractivity (Wildman–Crippen MR) is 117 cm³/mol. The van der Waals surface area contributed by atoms with E-state index in [2.05, 4.69) is 66.3 Å². The second-order valence-electron chi connectivity index (χ2n) is 6.91. The second-order valence-corrected chi connectivity index (χ2v) is 7.79. The average Bonchev–Trinajstić information content (AvgIpc) is 3.14. The highest BCUT2D eigenvalue weighted by molar-refractivity contribution is 7.98. The molecule has 6 heteroatoms. The van der Waals surface area contributed by atoms with Crippen molar-refractivity contribution in [1.82, 2.24) is 19.5 Å². The van der Waals surface area contributed by atoms with E-state index in [9.17, 15) is 0 Å². The van der Waals surface area contributed by atoms with E-state index in [0.29, 0.717) is 5.88 Å². The molecule has 2 heterocycles. The fourth-order valence-corrected chi connectivity index (χ4v) is 3.69. The summed E-state index contributed by atoms with van der Waals surface area (Å²) in [5, 5.41) is 4.69. The molecule has 1 unspecified atom stereocenters. The van der Waals surface area contributed by atoms with Crippen LogP contribution in [0.4, 0.5) is 0 Å². The lowest BCUT2D eigenvalue weighted by molar-refractivity contribution is 0.186. The van der Waals surface area contributed by atoms with Crippen LogP contribution in [-0.4, -0.2) is 51.5 Å². The molecule has 0 spiro atoms. The number of fused-ring (bicyclic) bond motifs is 1. The Balaban J connectivity index is 1.69. The molecule has 28 heavy (non-hydrogen) atoms. The summed E-state index contributed by atoms with van der Waals surface area (Å²) in [6, 6.07) is 12.3. The van der Waals surface area contributed by atoms with E-state index < -0.39 is 0 Å². The summed E-state index contributed by atoms with van der Waals surface area (Å²) in [7, 11) is 0. The molecule has 150 valence electrons. The van der Waals surface area contributed by atoms with Gasteiger partial charge < -0.3 is 9.64 Å². The molecule has 3 aromatic rings. The third-order valence-electron chi connectivity index (χ3n) is 5.02. The van der Waals surface area contributed by atoms with Crippen molar-refractivity contribution in [1.29, 1.82) is 0 Å². The van der Waals surface area contributed by atoms with Gasteiger partial charge in [0.1, 0.15) is 0 Å². The highest BCUT2D eigenvalue weighted by Crippen LogP contribution is 2.24. The highest BCUT2D eigenvalue weighted by atomic mass is 32.2. The Hall–Kier alpha value is -2.05. The van der Waals surface area contributed by atoms with Crippen LogP contribution in [0.2, 0.25) is 0 Å². The number of thioether (sulfide) groups is 1. The van der Waals surface area contributed by atoms with Crippen molar-refractivity contribution in [3.05, 3.63) is 42.6 Å². The Morgan fingerprint density at radius 2 is 1.86 bits per heavy atom. The number of nitrogens with zero attached hydrogens (tertiary/aromatic N) is 4. The van der Waals surface area contributed by atoms with Crippen molar-refractivity contribution >= 4 is 17.4 Å². The van der Waals surface area contributed by atoms with Gasteiger partial charge in [-0.15, -0.1) is 16.9 Å². The van der Waals surface area contributed by atoms with Gasteiger partial charge in [-0.25, -0.2) is 9.50 Å². The highest BCUT2D eigenvalue weighted by Gasteiger charge is 2.11. The molecule has 0 fully saturated rings. The summed E-state index contributed by atoms with van der Waals surface area (Å²) in [4.78, 5) is 8.17. The quantitative estimate of drug-likeness (QED) is 0.449. The minimum absolute atomic E-state index is 0.133. The van der Waals surface area contributed by atoms with Gasteiger partial charge >= 0.3 is 0 Å². The lowest BCUT2D eigenvalue weighted by Gasteiger charge is -2.19. The summed E-state index contributed by atoms with van der Waals surface area (Å²) < 4.78 is 7.95. The number of imidazole rings is 1. The summed E-state index contributed by atoms with van der Waals surface area (Å²) in [6.07, 6.45) is 6.23. The monoisotopic (exact) mass is 398 g/mol. The predicted octanol–water partition coefficient (Wildman–Crippen LogP) is 5.01. The van der Waals surface area contributed by atoms with Crippen molar-refractivity contribution in [2.24, 2.45) is 0 Å². The second kappa shape index (κ2) is 9.94. The van der Waals surface area contributed by atoms with Gasteiger partial charge in [0.05, 0.1) is 18.0 Å². The molecule has 3 rings (SSSR count). The third-order valence-corrected chi connectivity index (χ3v) is 5.77. The van der Waals surface area contributed by atoms with Gasteiger partial charge in [0.25, 0.3) is 0 Å². The summed E-state index contributed by atoms with van der Waals surface area (Å²) >= 11 is 1.74. The third kappa shape index (κ3) is 5.06. The molecule has 1 aromatic carbocycles. The lowest BCUT2D eigenvalue weighted by atomic mass is 10.2. The summed E-state index contributed by atoms with van der Waals surface area (Å²) in [5.41, 5.74) is 2.90. The maximum absolute atomic E-state index is 6.09. The molecular weight excluding hydrogens is 368 g/mol. The van der Waals surface area contributed by atoms with Crippen LogP contribution in [0.3, 0.4) is 0 Å². The summed E-state index contributed by atoms with van der Waals surface area (Å²) in [6.45, 7) is 9.85. The van der Waals surface area contributed by atoms with E-state index in [1.54, 1.807) is 11.8 Å². The van der Waals surface area contributed by atoms with Gasteiger partial charge in [-0.1, -0.05) is 26.0 Å². The van der Waals surface area contributed by atoms with Crippen LogP contribution in [0.1, 0.15) is 33.6 Å². The fourth-order valence-electron chi connectivity index (χ4n) is 3.29. The number of aromatic nitrogens is 3. The Kier molecular flexibility index (Phi) is 7.34. The molecule has 0 aliphatic carbocycles. The number of hydrogen-bond acceptors (Lipinski definition) is 5. The Morgan fingerprint density at radius 1 is 1.11 bits per heavy atom. The van der Waals surface area contributed by atoms with E-state index in [1.807, 2.05) is 22.8 Å². The number of benzene rings is 1. The van der Waals surface area contributed by atoms with Crippen molar-refractivity contribution < 1.29 is 4.74 Å². The molecule has 5 nitrogen and oxygen atoms in total. The molecule has 1 atom stereocenters. The zero-order valence-electron chi connectivity index (χ0n) is 17.3. The first-order valence-electron chi connectivity index (χ1n) is 10.0. The number of hydrogen-bond donors (Lipinski definition) is 0. The molecule has 0 bridgehead atoms. The zero-order valence-corrected chi connectivity index (χ0v) is 18.1. The minimum Gasteiger partial charge on any atom is -0.474 e. The normalized spacial score (nSPS) is 12.6. The molecule has 0 amide bonds. The van der Waals surface area contributed by atoms with E-state index in [-0.39, 0.29) is 6.10 Å². The van der Waals surface area contributed by atoms with Crippen LogP contribution in [0.25, 0.3) is 16.9 Å². The van der Waals surface area contributed by atoms with Crippen LogP contribution in [-0.2, 0) is 0 Å². The van der Waals surface area contributed by atoms with E-state index in [0.717, 1.165) is 49.4 Å². The smallest absolute Gasteiger partial charge is 0.232 e. The van der Waals surface area contributed by atoms with Crippen molar-refractivity contribution in [3.8, 4) is 17.1 Å².